The first kappa shape index (κ1) is 21.2. The Labute approximate surface area is 185 Å². The van der Waals surface area contributed by atoms with Crippen LogP contribution < -0.4 is 11.1 Å². The molecule has 9 heteroatoms. The number of thioether (sulfide) groups is 1. The Morgan fingerprint density at radius 1 is 1.29 bits per heavy atom. The van der Waals surface area contributed by atoms with Crippen LogP contribution in [-0.2, 0) is 11.3 Å². The first-order chi connectivity index (χ1) is 15.2. The number of nitrogens with one attached hydrogen (secondary N) is 1. The van der Waals surface area contributed by atoms with E-state index in [1.54, 1.807) is 0 Å². The summed E-state index contributed by atoms with van der Waals surface area (Å²) in [6.07, 6.45) is 9.87. The number of nitrogen functional groups attached to an aromatic ring is 1. The molecule has 0 radical (unpaired) electrons. The summed E-state index contributed by atoms with van der Waals surface area (Å²) in [5.74, 6) is 0.972. The molecule has 162 valence electrons. The van der Waals surface area contributed by atoms with Gasteiger partial charge in [-0.15, -0.1) is 11.8 Å². The molecule has 0 spiro atoms. The van der Waals surface area contributed by atoms with E-state index in [9.17, 15) is 4.79 Å². The van der Waals surface area contributed by atoms with Gasteiger partial charge in [-0.05, 0) is 38.4 Å². The zero-order valence-corrected chi connectivity index (χ0v) is 18.3. The number of nitrogens with zero attached hydrogens (tertiary/aromatic N) is 4. The van der Waals surface area contributed by atoms with Gasteiger partial charge in [0.2, 0.25) is 11.7 Å². The molecule has 1 aliphatic carbocycles. The lowest BCUT2D eigenvalue weighted by atomic mass is 9.97. The molecular weight excluding hydrogens is 412 g/mol. The average Bonchev–Trinajstić information content (AvgIpc) is 3.40. The molecule has 0 saturated carbocycles. The summed E-state index contributed by atoms with van der Waals surface area (Å²) in [5, 5.41) is 12.1. The number of nitrogens with two attached hydrogens (primary N) is 1. The SMILES string of the molecule is CSc1nn(CC(=O)NCCC2=CCCCC2)c(N)c1-c1nc(-c2ccccc2)no1. The molecule has 3 N–H and O–H groups in total. The third kappa shape index (κ3) is 4.99. The van der Waals surface area contributed by atoms with Crippen molar-refractivity contribution in [2.45, 2.75) is 43.7 Å². The summed E-state index contributed by atoms with van der Waals surface area (Å²) in [6, 6.07) is 9.56. The molecule has 0 aliphatic heterocycles. The van der Waals surface area contributed by atoms with Crippen molar-refractivity contribution in [3.05, 3.63) is 42.0 Å². The van der Waals surface area contributed by atoms with Crippen LogP contribution in [0.15, 0.2) is 51.5 Å². The van der Waals surface area contributed by atoms with Crippen molar-refractivity contribution in [1.82, 2.24) is 25.2 Å². The standard InChI is InChI=1S/C22H26N6O2S/c1-31-22-18(21-25-20(27-30-21)16-10-6-3-7-11-16)19(23)28(26-22)14-17(29)24-13-12-15-8-4-2-5-9-15/h3,6-8,10-11H,2,4-5,9,12-14,23H2,1H3,(H,24,29). The average molecular weight is 439 g/mol. The number of rotatable bonds is 8. The fraction of sp³-hybridized carbons (Fsp3) is 0.364. The Hall–Kier alpha value is -3.07. The van der Waals surface area contributed by atoms with Crippen LogP contribution in [0.4, 0.5) is 5.82 Å². The van der Waals surface area contributed by atoms with Crippen LogP contribution in [0.1, 0.15) is 32.1 Å². The molecule has 4 rings (SSSR count). The van der Waals surface area contributed by atoms with Gasteiger partial charge in [-0.2, -0.15) is 10.1 Å². The molecule has 0 bridgehead atoms. The Balaban J connectivity index is 1.45. The smallest absolute Gasteiger partial charge is 0.264 e. The number of benzene rings is 1. The predicted octanol–water partition coefficient (Wildman–Crippen LogP) is 3.91. The number of hydrogen-bond acceptors (Lipinski definition) is 7. The van der Waals surface area contributed by atoms with Crippen LogP contribution in [0.25, 0.3) is 22.8 Å². The Morgan fingerprint density at radius 2 is 2.13 bits per heavy atom. The van der Waals surface area contributed by atoms with E-state index in [1.165, 1.54) is 34.9 Å². The lowest BCUT2D eigenvalue weighted by Crippen LogP contribution is -2.29. The number of hydrogen-bond donors (Lipinski definition) is 2. The molecule has 1 aromatic carbocycles. The summed E-state index contributed by atoms with van der Waals surface area (Å²) in [6.45, 7) is 0.663. The van der Waals surface area contributed by atoms with Crippen LogP contribution in [-0.4, -0.2) is 38.6 Å². The molecule has 8 nitrogen and oxygen atoms in total. The molecular formula is C22H26N6O2S. The highest BCUT2D eigenvalue weighted by atomic mass is 32.2. The van der Waals surface area contributed by atoms with Crippen molar-refractivity contribution >= 4 is 23.5 Å². The van der Waals surface area contributed by atoms with E-state index in [0.29, 0.717) is 28.8 Å². The van der Waals surface area contributed by atoms with Crippen molar-refractivity contribution in [3.63, 3.8) is 0 Å². The molecule has 1 aliphatic rings. The maximum Gasteiger partial charge on any atom is 0.264 e. The first-order valence-electron chi connectivity index (χ1n) is 10.4. The number of anilines is 1. The third-order valence-corrected chi connectivity index (χ3v) is 5.94. The van der Waals surface area contributed by atoms with Crippen molar-refractivity contribution in [2.24, 2.45) is 0 Å². The highest BCUT2D eigenvalue weighted by Gasteiger charge is 2.23. The van der Waals surface area contributed by atoms with E-state index < -0.39 is 0 Å². The van der Waals surface area contributed by atoms with Crippen LogP contribution in [0.2, 0.25) is 0 Å². The van der Waals surface area contributed by atoms with Gasteiger partial charge in [0.1, 0.15) is 23.0 Å². The number of amides is 1. The summed E-state index contributed by atoms with van der Waals surface area (Å²) in [4.78, 5) is 16.9. The monoisotopic (exact) mass is 438 g/mol. The quantitative estimate of drug-likeness (QED) is 0.405. The highest BCUT2D eigenvalue weighted by molar-refractivity contribution is 7.98. The van der Waals surface area contributed by atoms with Crippen molar-refractivity contribution < 1.29 is 9.32 Å². The first-order valence-corrected chi connectivity index (χ1v) is 11.6. The second-order valence-corrected chi connectivity index (χ2v) is 8.22. The Morgan fingerprint density at radius 3 is 2.87 bits per heavy atom. The maximum absolute atomic E-state index is 12.4. The normalized spacial score (nSPS) is 13.8. The molecule has 0 atom stereocenters. The topological polar surface area (TPSA) is 112 Å². The lowest BCUT2D eigenvalue weighted by molar-refractivity contribution is -0.121. The summed E-state index contributed by atoms with van der Waals surface area (Å²) in [5.41, 5.74) is 9.16. The van der Waals surface area contributed by atoms with Crippen molar-refractivity contribution in [3.8, 4) is 22.8 Å². The summed E-state index contributed by atoms with van der Waals surface area (Å²) in [7, 11) is 0. The molecule has 1 amide bonds. The van der Waals surface area contributed by atoms with Gasteiger partial charge in [-0.3, -0.25) is 4.79 Å². The van der Waals surface area contributed by atoms with Gasteiger partial charge in [-0.1, -0.05) is 47.1 Å². The molecule has 0 unspecified atom stereocenters. The van der Waals surface area contributed by atoms with Gasteiger partial charge >= 0.3 is 0 Å². The second-order valence-electron chi connectivity index (χ2n) is 7.42. The van der Waals surface area contributed by atoms with Gasteiger partial charge in [0.25, 0.3) is 5.89 Å². The van der Waals surface area contributed by atoms with E-state index >= 15 is 0 Å². The molecule has 0 saturated heterocycles. The van der Waals surface area contributed by atoms with E-state index in [0.717, 1.165) is 24.8 Å². The number of carbonyl (C=O) groups is 1. The van der Waals surface area contributed by atoms with Crippen LogP contribution in [0.3, 0.4) is 0 Å². The van der Waals surface area contributed by atoms with Crippen LogP contribution in [0.5, 0.6) is 0 Å². The Bertz CT molecular complexity index is 1070. The summed E-state index contributed by atoms with van der Waals surface area (Å²) >= 11 is 1.42. The second kappa shape index (κ2) is 9.82. The van der Waals surface area contributed by atoms with E-state index in [2.05, 4.69) is 26.6 Å². The van der Waals surface area contributed by atoms with Crippen LogP contribution >= 0.6 is 11.8 Å². The molecule has 2 aromatic heterocycles. The van der Waals surface area contributed by atoms with E-state index in [4.69, 9.17) is 10.3 Å². The van der Waals surface area contributed by atoms with Gasteiger partial charge in [-0.25, -0.2) is 4.68 Å². The predicted molar refractivity (Wildman–Crippen MR) is 121 cm³/mol. The lowest BCUT2D eigenvalue weighted by Gasteiger charge is -2.13. The van der Waals surface area contributed by atoms with E-state index in [-0.39, 0.29) is 18.3 Å². The highest BCUT2D eigenvalue weighted by Crippen LogP contribution is 2.34. The minimum atomic E-state index is -0.125. The fourth-order valence-electron chi connectivity index (χ4n) is 3.63. The molecule has 31 heavy (non-hydrogen) atoms. The zero-order valence-electron chi connectivity index (χ0n) is 17.5. The van der Waals surface area contributed by atoms with Crippen molar-refractivity contribution in [1.29, 1.82) is 0 Å². The largest absolute Gasteiger partial charge is 0.383 e. The molecule has 0 fully saturated rings. The Kier molecular flexibility index (Phi) is 6.71. The number of carbonyl (C=O) groups excluding carboxylic acids is 1. The fourth-order valence-corrected chi connectivity index (χ4v) is 4.21. The molecule has 3 aromatic rings. The van der Waals surface area contributed by atoms with Gasteiger partial charge in [0, 0.05) is 12.1 Å². The molecule has 2 heterocycles. The summed E-state index contributed by atoms with van der Waals surface area (Å²) < 4.78 is 6.95. The zero-order chi connectivity index (χ0) is 21.6. The minimum Gasteiger partial charge on any atom is -0.383 e. The van der Waals surface area contributed by atoms with Crippen molar-refractivity contribution in [2.75, 3.05) is 18.5 Å². The van der Waals surface area contributed by atoms with E-state index in [1.807, 2.05) is 36.6 Å². The number of allylic oxidation sites excluding steroid dienone is 1. The maximum atomic E-state index is 12.4. The number of aromatic nitrogens is 4. The third-order valence-electron chi connectivity index (χ3n) is 5.27. The van der Waals surface area contributed by atoms with Gasteiger partial charge in [0.05, 0.1) is 0 Å². The van der Waals surface area contributed by atoms with Gasteiger partial charge < -0.3 is 15.6 Å². The van der Waals surface area contributed by atoms with Gasteiger partial charge in [0.15, 0.2) is 0 Å². The minimum absolute atomic E-state index is 0.0398. The van der Waals surface area contributed by atoms with Crippen LogP contribution in [0, 0.1) is 0 Å².